The number of hydrogen-bond donors (Lipinski definition) is 1. The lowest BCUT2D eigenvalue weighted by molar-refractivity contribution is -0.145. The molecule has 2 aliphatic carbocycles. The normalized spacial score (nSPS) is 22.1. The van der Waals surface area contributed by atoms with Gasteiger partial charge in [0.1, 0.15) is 6.10 Å². The van der Waals surface area contributed by atoms with Crippen LogP contribution >= 0.6 is 0 Å². The second-order valence-corrected chi connectivity index (χ2v) is 8.90. The number of ether oxygens (including phenoxy) is 3. The molecular formula is C26H33NO5. The molecule has 172 valence electrons. The fourth-order valence-electron chi connectivity index (χ4n) is 5.19. The zero-order valence-corrected chi connectivity index (χ0v) is 19.3. The summed E-state index contributed by atoms with van der Waals surface area (Å²) in [6.45, 7) is 1.90. The highest BCUT2D eigenvalue weighted by Crippen LogP contribution is 2.44. The van der Waals surface area contributed by atoms with Crippen LogP contribution in [0.15, 0.2) is 40.7 Å². The molecule has 3 aliphatic rings. The van der Waals surface area contributed by atoms with E-state index in [4.69, 9.17) is 14.2 Å². The number of hydrogen-bond acceptors (Lipinski definition) is 6. The van der Waals surface area contributed by atoms with Crippen molar-refractivity contribution in [2.45, 2.75) is 76.7 Å². The van der Waals surface area contributed by atoms with Gasteiger partial charge in [-0.25, -0.2) is 4.79 Å². The van der Waals surface area contributed by atoms with Gasteiger partial charge in [0.15, 0.2) is 17.3 Å². The van der Waals surface area contributed by atoms with Crippen LogP contribution in [-0.4, -0.2) is 32.1 Å². The Hall–Kier alpha value is -2.76. The number of dihydropyridines is 1. The molecule has 0 radical (unpaired) electrons. The minimum absolute atomic E-state index is 0.0613. The van der Waals surface area contributed by atoms with Gasteiger partial charge in [0.2, 0.25) is 0 Å². The number of benzene rings is 1. The summed E-state index contributed by atoms with van der Waals surface area (Å²) in [7, 11) is 3.18. The molecule has 1 heterocycles. The van der Waals surface area contributed by atoms with Gasteiger partial charge in [-0.15, -0.1) is 0 Å². The Morgan fingerprint density at radius 2 is 1.69 bits per heavy atom. The topological polar surface area (TPSA) is 73.9 Å². The molecule has 1 saturated carbocycles. The lowest BCUT2D eigenvalue weighted by atomic mass is 9.75. The lowest BCUT2D eigenvalue weighted by Gasteiger charge is -2.34. The van der Waals surface area contributed by atoms with Gasteiger partial charge in [0.05, 0.1) is 19.8 Å². The monoisotopic (exact) mass is 439 g/mol. The highest BCUT2D eigenvalue weighted by Gasteiger charge is 2.40. The fourth-order valence-corrected chi connectivity index (χ4v) is 5.19. The molecular weight excluding hydrogens is 406 g/mol. The van der Waals surface area contributed by atoms with E-state index >= 15 is 0 Å². The number of ketones is 1. The predicted octanol–water partition coefficient (Wildman–Crippen LogP) is 4.94. The van der Waals surface area contributed by atoms with Crippen molar-refractivity contribution in [2.24, 2.45) is 0 Å². The summed E-state index contributed by atoms with van der Waals surface area (Å²) < 4.78 is 16.9. The van der Waals surface area contributed by atoms with E-state index < -0.39 is 5.92 Å². The third-order valence-electron chi connectivity index (χ3n) is 6.81. The van der Waals surface area contributed by atoms with Gasteiger partial charge < -0.3 is 19.5 Å². The van der Waals surface area contributed by atoms with Crippen molar-refractivity contribution in [1.82, 2.24) is 5.32 Å². The highest BCUT2D eigenvalue weighted by molar-refractivity contribution is 6.03. The second kappa shape index (κ2) is 9.80. The van der Waals surface area contributed by atoms with Crippen LogP contribution in [-0.2, 0) is 14.3 Å². The summed E-state index contributed by atoms with van der Waals surface area (Å²) in [6.07, 6.45) is 8.40. The number of esters is 1. The fraction of sp³-hybridized carbons (Fsp3) is 0.538. The zero-order chi connectivity index (χ0) is 22.7. The van der Waals surface area contributed by atoms with Gasteiger partial charge in [0, 0.05) is 29.3 Å². The molecule has 0 saturated heterocycles. The molecule has 0 bridgehead atoms. The van der Waals surface area contributed by atoms with Crippen LogP contribution in [0.25, 0.3) is 0 Å². The van der Waals surface area contributed by atoms with E-state index in [0.29, 0.717) is 29.1 Å². The summed E-state index contributed by atoms with van der Waals surface area (Å²) in [5.74, 6) is 0.468. The van der Waals surface area contributed by atoms with Crippen LogP contribution < -0.4 is 14.8 Å². The Morgan fingerprint density at radius 3 is 2.38 bits per heavy atom. The number of carbonyl (C=O) groups is 2. The van der Waals surface area contributed by atoms with Gasteiger partial charge in [-0.3, -0.25) is 4.79 Å². The van der Waals surface area contributed by atoms with Gasteiger partial charge in [-0.2, -0.15) is 0 Å². The first-order valence-electron chi connectivity index (χ1n) is 11.7. The van der Waals surface area contributed by atoms with Crippen molar-refractivity contribution in [1.29, 1.82) is 0 Å². The Labute approximate surface area is 190 Å². The number of rotatable bonds is 5. The molecule has 6 heteroatoms. The molecule has 0 aromatic heterocycles. The number of Topliss-reactive ketones (excluding diaryl/α,β-unsaturated/α-hetero) is 1. The Balaban J connectivity index is 1.75. The van der Waals surface area contributed by atoms with Gasteiger partial charge in [-0.05, 0) is 63.1 Å². The van der Waals surface area contributed by atoms with Crippen LogP contribution in [0.3, 0.4) is 0 Å². The molecule has 1 atom stereocenters. The van der Waals surface area contributed by atoms with Gasteiger partial charge >= 0.3 is 5.97 Å². The lowest BCUT2D eigenvalue weighted by Crippen LogP contribution is -2.35. The third kappa shape index (κ3) is 4.41. The summed E-state index contributed by atoms with van der Waals surface area (Å²) in [4.78, 5) is 26.6. The molecule has 1 aromatic carbocycles. The molecule has 1 fully saturated rings. The van der Waals surface area contributed by atoms with Crippen molar-refractivity contribution < 1.29 is 23.8 Å². The van der Waals surface area contributed by atoms with E-state index in [0.717, 1.165) is 55.5 Å². The first kappa shape index (κ1) is 22.4. The van der Waals surface area contributed by atoms with Gasteiger partial charge in [0.25, 0.3) is 0 Å². The van der Waals surface area contributed by atoms with Crippen molar-refractivity contribution in [3.05, 3.63) is 46.3 Å². The Morgan fingerprint density at radius 1 is 0.969 bits per heavy atom. The Kier molecular flexibility index (Phi) is 6.87. The number of allylic oxidation sites excluding steroid dienone is 3. The van der Waals surface area contributed by atoms with Crippen LogP contribution in [0.1, 0.15) is 76.2 Å². The predicted molar refractivity (Wildman–Crippen MR) is 122 cm³/mol. The summed E-state index contributed by atoms with van der Waals surface area (Å²) in [5, 5.41) is 3.36. The van der Waals surface area contributed by atoms with E-state index in [1.165, 1.54) is 12.8 Å². The third-order valence-corrected chi connectivity index (χ3v) is 6.81. The van der Waals surface area contributed by atoms with Crippen LogP contribution in [0, 0.1) is 0 Å². The van der Waals surface area contributed by atoms with Crippen LogP contribution in [0.4, 0.5) is 0 Å². The summed E-state index contributed by atoms with van der Waals surface area (Å²) in [6, 6.07) is 5.61. The molecule has 1 aromatic rings. The molecule has 0 amide bonds. The maximum atomic E-state index is 13.5. The largest absolute Gasteiger partial charge is 0.493 e. The minimum Gasteiger partial charge on any atom is -0.493 e. The standard InChI is InChI=1S/C26H33NO5/c1-16-23(26(29)32-18-9-6-4-5-7-10-18)24(25-19(27-16)11-8-12-20(25)28)17-13-14-21(30-2)22(15-17)31-3/h13-15,18,24,27H,4-12H2,1-3H3/t24-/m1/s1. The molecule has 1 aliphatic heterocycles. The summed E-state index contributed by atoms with van der Waals surface area (Å²) in [5.41, 5.74) is 3.72. The minimum atomic E-state index is -0.475. The first-order chi connectivity index (χ1) is 15.5. The quantitative estimate of drug-likeness (QED) is 0.518. The maximum absolute atomic E-state index is 13.5. The van der Waals surface area contributed by atoms with Crippen LogP contribution in [0.2, 0.25) is 0 Å². The maximum Gasteiger partial charge on any atom is 0.337 e. The number of carbonyl (C=O) groups excluding carboxylic acids is 2. The smallest absolute Gasteiger partial charge is 0.337 e. The van der Waals surface area contributed by atoms with Crippen LogP contribution in [0.5, 0.6) is 11.5 Å². The van der Waals surface area contributed by atoms with E-state index in [1.807, 2.05) is 25.1 Å². The van der Waals surface area contributed by atoms with E-state index in [9.17, 15) is 9.59 Å². The van der Waals surface area contributed by atoms with E-state index in [1.54, 1.807) is 14.2 Å². The van der Waals surface area contributed by atoms with Crippen molar-refractivity contribution in [3.63, 3.8) is 0 Å². The molecule has 0 unspecified atom stereocenters. The average Bonchev–Trinajstić information content (AvgIpc) is 3.06. The zero-order valence-electron chi connectivity index (χ0n) is 19.3. The first-order valence-corrected chi connectivity index (χ1v) is 11.7. The summed E-state index contributed by atoms with van der Waals surface area (Å²) >= 11 is 0. The van der Waals surface area contributed by atoms with Crippen molar-refractivity contribution in [2.75, 3.05) is 14.2 Å². The number of nitrogens with one attached hydrogen (secondary N) is 1. The van der Waals surface area contributed by atoms with E-state index in [2.05, 4.69) is 5.32 Å². The molecule has 1 N–H and O–H groups in total. The van der Waals surface area contributed by atoms with Gasteiger partial charge in [-0.1, -0.05) is 18.9 Å². The van der Waals surface area contributed by atoms with Crippen molar-refractivity contribution >= 4 is 11.8 Å². The molecule has 0 spiro atoms. The molecule has 32 heavy (non-hydrogen) atoms. The second-order valence-electron chi connectivity index (χ2n) is 8.90. The molecule has 4 rings (SSSR count). The van der Waals surface area contributed by atoms with E-state index in [-0.39, 0.29) is 17.9 Å². The Bertz CT molecular complexity index is 953. The number of methoxy groups -OCH3 is 2. The van der Waals surface area contributed by atoms with Crippen molar-refractivity contribution in [3.8, 4) is 11.5 Å². The SMILES string of the molecule is COc1ccc([C@@H]2C(C(=O)OC3CCCCCC3)=C(C)NC3=C2C(=O)CCC3)cc1OC. The average molecular weight is 440 g/mol. The highest BCUT2D eigenvalue weighted by atomic mass is 16.5. The molecule has 6 nitrogen and oxygen atoms in total.